The van der Waals surface area contributed by atoms with Gasteiger partial charge in [0.2, 0.25) is 0 Å². The van der Waals surface area contributed by atoms with Crippen LogP contribution in [-0.4, -0.2) is 159 Å². The van der Waals surface area contributed by atoms with Gasteiger partial charge in [-0.3, -0.25) is 0 Å². The average molecular weight is 1050 g/mol. The number of anilines is 6. The topological polar surface area (TPSA) is 330 Å². The minimum atomic E-state index is -0.219. The molecule has 3 saturated heterocycles. The molecule has 0 amide bonds. The normalized spacial score (nSPS) is 15.0. The van der Waals surface area contributed by atoms with E-state index in [-0.39, 0.29) is 52.1 Å². The predicted molar refractivity (Wildman–Crippen MR) is 284 cm³/mol. The summed E-state index contributed by atoms with van der Waals surface area (Å²) in [6.45, 7) is 21.3. The van der Waals surface area contributed by atoms with E-state index < -0.39 is 0 Å². The molecule has 3 fully saturated rings. The molecule has 30 heteroatoms. The van der Waals surface area contributed by atoms with Crippen molar-refractivity contribution >= 4 is 75.1 Å². The lowest BCUT2D eigenvalue weighted by atomic mass is 10.2. The van der Waals surface area contributed by atoms with E-state index in [9.17, 15) is 10.5 Å². The molecule has 78 heavy (non-hydrogen) atoms. The first kappa shape index (κ1) is 51.5. The number of nitrogens with zero attached hydrogens (tertiary/aromatic N) is 24. The fourth-order valence-electron chi connectivity index (χ4n) is 8.61. The summed E-state index contributed by atoms with van der Waals surface area (Å²) in [5.41, 5.74) is 3.50. The second-order valence-corrected chi connectivity index (χ2v) is 17.6. The quantitative estimate of drug-likeness (QED) is 0.0709. The van der Waals surface area contributed by atoms with Crippen LogP contribution in [0.2, 0.25) is 0 Å². The highest BCUT2D eigenvalue weighted by molar-refractivity contribution is 5.72. The Morgan fingerprint density at radius 1 is 0.487 bits per heavy atom. The largest absolute Gasteiger partial charge is 0.378 e. The number of rotatable bonds is 15. The average Bonchev–Trinajstić information content (AvgIpc) is 4.27. The molecular formula is C48H51N27O3. The molecule has 3 N–H and O–H groups in total. The molecule has 0 unspecified atom stereocenters. The van der Waals surface area contributed by atoms with Gasteiger partial charge in [-0.1, -0.05) is 0 Å². The van der Waals surface area contributed by atoms with E-state index in [0.717, 1.165) is 34.1 Å². The molecule has 3 aliphatic rings. The van der Waals surface area contributed by atoms with Gasteiger partial charge in [0.05, 0.1) is 64.8 Å². The molecule has 30 nitrogen and oxygen atoms in total. The van der Waals surface area contributed by atoms with Crippen molar-refractivity contribution in [3.63, 3.8) is 0 Å². The lowest BCUT2D eigenvalue weighted by Gasteiger charge is -2.28. The van der Waals surface area contributed by atoms with Crippen molar-refractivity contribution < 1.29 is 14.2 Å². The number of hydrogen-bond donors (Lipinski definition) is 3. The van der Waals surface area contributed by atoms with E-state index in [2.05, 4.69) is 93.6 Å². The Morgan fingerprint density at radius 3 is 1.13 bits per heavy atom. The summed E-state index contributed by atoms with van der Waals surface area (Å²) in [5.74, 6) is 2.73. The van der Waals surface area contributed by atoms with Crippen LogP contribution < -0.4 is 30.7 Å². The Balaban J connectivity index is 1.10. The Morgan fingerprint density at radius 2 is 0.808 bits per heavy atom. The Kier molecular flexibility index (Phi) is 15.1. The molecule has 3 aliphatic heterocycles. The van der Waals surface area contributed by atoms with Crippen LogP contribution in [0.5, 0.6) is 0 Å². The second kappa shape index (κ2) is 22.9. The van der Waals surface area contributed by atoms with Crippen LogP contribution in [0.1, 0.15) is 27.8 Å². The zero-order chi connectivity index (χ0) is 54.3. The number of hydrogen-bond acceptors (Lipinski definition) is 26. The van der Waals surface area contributed by atoms with Gasteiger partial charge >= 0.3 is 0 Å². The zero-order valence-corrected chi connectivity index (χ0v) is 43.4. The van der Waals surface area contributed by atoms with Gasteiger partial charge in [-0.05, 0) is 55.7 Å². The third-order valence-electron chi connectivity index (χ3n) is 12.7. The first-order valence-corrected chi connectivity index (χ1v) is 24.6. The summed E-state index contributed by atoms with van der Waals surface area (Å²) in [4.78, 5) is 38.9. The van der Waals surface area contributed by atoms with Gasteiger partial charge in [0, 0.05) is 60.4 Å². The lowest BCUT2D eigenvalue weighted by molar-refractivity contribution is 0.122. The lowest BCUT2D eigenvalue weighted by Crippen LogP contribution is -2.36. The van der Waals surface area contributed by atoms with E-state index in [1.165, 1.54) is 32.6 Å². The van der Waals surface area contributed by atoms with E-state index >= 15 is 0 Å². The minimum Gasteiger partial charge on any atom is -0.378 e. The molecule has 0 aromatic carbocycles. The summed E-state index contributed by atoms with van der Waals surface area (Å²) in [7, 11) is 5.19. The van der Waals surface area contributed by atoms with Crippen molar-refractivity contribution in [1.82, 2.24) is 59.2 Å². The number of pyridine rings is 3. The molecule has 0 spiro atoms. The number of aryl methyl sites for hydroxylation is 3. The van der Waals surface area contributed by atoms with Crippen LogP contribution in [-0.2, 0) is 14.2 Å². The van der Waals surface area contributed by atoms with Gasteiger partial charge in [0.25, 0.3) is 23.5 Å². The number of aromatic nitrogens is 12. The monoisotopic (exact) mass is 1050 g/mol. The summed E-state index contributed by atoms with van der Waals surface area (Å²) >= 11 is 0. The van der Waals surface area contributed by atoms with Crippen molar-refractivity contribution in [3.8, 4) is 30.0 Å². The van der Waals surface area contributed by atoms with Crippen molar-refractivity contribution in [2.75, 3.05) is 131 Å². The first-order valence-electron chi connectivity index (χ1n) is 24.6. The molecule has 0 radical (unpaired) electrons. The minimum absolute atomic E-state index is 0.00239. The van der Waals surface area contributed by atoms with Crippen LogP contribution in [0, 0.1) is 50.0 Å². The third kappa shape index (κ3) is 10.4. The number of nitrogens with one attached hydrogen (secondary N) is 3. The van der Waals surface area contributed by atoms with Crippen LogP contribution >= 0.6 is 0 Å². The van der Waals surface area contributed by atoms with Gasteiger partial charge in [0.15, 0.2) is 34.9 Å². The molecule has 0 aliphatic carbocycles. The molecule has 7 aromatic rings. The number of nitriles is 2. The van der Waals surface area contributed by atoms with Crippen molar-refractivity contribution in [2.24, 2.45) is 30.7 Å². The molecule has 396 valence electrons. The fraction of sp³-hybridized carbons (Fsp3) is 0.375. The molecule has 0 atom stereocenters. The molecule has 0 saturated carbocycles. The first-order chi connectivity index (χ1) is 38.1. The van der Waals surface area contributed by atoms with Crippen LogP contribution in [0.4, 0.5) is 75.1 Å². The molecular weight excluding hydrogens is 1000 g/mol. The Hall–Kier alpha value is -9.96. The highest BCUT2D eigenvalue weighted by Gasteiger charge is 2.26. The third-order valence-corrected chi connectivity index (χ3v) is 12.7. The van der Waals surface area contributed by atoms with Gasteiger partial charge < -0.3 is 44.9 Å². The highest BCUT2D eigenvalue weighted by atomic mass is 16.5. The van der Waals surface area contributed by atoms with Gasteiger partial charge in [-0.2, -0.15) is 54.8 Å². The fourth-order valence-corrected chi connectivity index (χ4v) is 8.61. The highest BCUT2D eigenvalue weighted by Crippen LogP contribution is 2.38. The Bertz CT molecular complexity index is 3210. The Labute approximate surface area is 446 Å². The summed E-state index contributed by atoms with van der Waals surface area (Å²) in [6, 6.07) is 10.00. The predicted octanol–water partition coefficient (Wildman–Crippen LogP) is 6.71. The van der Waals surface area contributed by atoms with Crippen molar-refractivity contribution in [2.45, 2.75) is 20.8 Å². The number of ether oxygens (including phenoxy) is 3. The smallest absolute Gasteiger partial charge is 0.259 e. The summed E-state index contributed by atoms with van der Waals surface area (Å²) < 4.78 is 20.2. The summed E-state index contributed by atoms with van der Waals surface area (Å²) in [5, 5.41) is 71.3. The SMILES string of the molecule is [C-]#[N+]c1cnn(-c2nc(-n3ncc(C#N)c3N=Nc3c(C)cc(N4CCOCC4)nc3NC)nc(-n3ncc(C#N)c3N=Nc3c(C)cc(N4CCOCC4)nc3NC)n2)c1N=Nc1c(C)cc(N2CCOCC2)nc1NC. The van der Waals surface area contributed by atoms with E-state index in [0.29, 0.717) is 113 Å². The maximum atomic E-state index is 10.4. The van der Waals surface area contributed by atoms with Crippen LogP contribution in [0.3, 0.4) is 0 Å². The molecule has 10 heterocycles. The van der Waals surface area contributed by atoms with Gasteiger partial charge in [-0.25, -0.2) is 19.8 Å². The van der Waals surface area contributed by atoms with E-state index in [1.807, 2.05) is 39.0 Å². The van der Waals surface area contributed by atoms with Crippen molar-refractivity contribution in [1.29, 1.82) is 10.5 Å². The van der Waals surface area contributed by atoms with Crippen LogP contribution in [0.15, 0.2) is 67.5 Å². The van der Waals surface area contributed by atoms with Gasteiger partial charge in [0.1, 0.15) is 57.8 Å². The molecule has 7 aromatic heterocycles. The number of azo groups is 3. The van der Waals surface area contributed by atoms with Crippen LogP contribution in [0.25, 0.3) is 22.7 Å². The van der Waals surface area contributed by atoms with E-state index in [4.69, 9.17) is 50.7 Å². The maximum Gasteiger partial charge on any atom is 0.259 e. The van der Waals surface area contributed by atoms with Gasteiger partial charge in [-0.15, -0.1) is 30.7 Å². The van der Waals surface area contributed by atoms with Crippen molar-refractivity contribution in [3.05, 3.63) is 76.0 Å². The van der Waals surface area contributed by atoms with E-state index in [1.54, 1.807) is 21.1 Å². The molecule has 10 rings (SSSR count). The summed E-state index contributed by atoms with van der Waals surface area (Å²) in [6.07, 6.45) is 3.86. The zero-order valence-electron chi connectivity index (χ0n) is 43.4. The molecule has 0 bridgehead atoms. The number of morpholine rings is 3. The second-order valence-electron chi connectivity index (χ2n) is 17.6. The standard InChI is InChI=1S/C48H51N27O3/c1-28-20-34(70-8-14-76-15-9-70)58-40(52-5)37(28)64-67-43-31(23-49)25-55-73(43)46-61-47(74-44(32(24-50)26-56-74)68-65-38-29(2)21-35(59-41(38)53-6)71-10-16-77-17-11-71)63-48(62-46)75-45(33(51-4)27-57-75)69-66-39-30(3)22-36(60-42(39)54-7)72-12-18-78-19-13-72/h20-22,25-27H,8-19H2,1-3,5-7H3,(H,52,58)(H,53,59)(H,54,60). The maximum absolute atomic E-state index is 10.4.